The van der Waals surface area contributed by atoms with Gasteiger partial charge in [0.05, 0.1) is 12.1 Å². The number of hydrogen-bond acceptors (Lipinski definition) is 3. The number of aromatic carboxylic acids is 1. The van der Waals surface area contributed by atoms with Gasteiger partial charge in [0, 0.05) is 25.1 Å². The quantitative estimate of drug-likeness (QED) is 0.859. The molecule has 0 radical (unpaired) electrons. The minimum Gasteiger partial charge on any atom is -0.478 e. The summed E-state index contributed by atoms with van der Waals surface area (Å²) in [5.74, 6) is -1.67. The van der Waals surface area contributed by atoms with E-state index >= 15 is 0 Å². The van der Waals surface area contributed by atoms with Gasteiger partial charge in [0.15, 0.2) is 0 Å². The minimum absolute atomic E-state index is 0.0794. The van der Waals surface area contributed by atoms with Crippen LogP contribution in [-0.2, 0) is 13.6 Å². The molecule has 2 N–H and O–H groups in total. The summed E-state index contributed by atoms with van der Waals surface area (Å²) >= 11 is 0. The first-order chi connectivity index (χ1) is 9.09. The summed E-state index contributed by atoms with van der Waals surface area (Å²) in [5, 5.41) is 11.6. The summed E-state index contributed by atoms with van der Waals surface area (Å²) in [6.07, 6.45) is 3.26. The Bertz CT molecular complexity index is 619. The van der Waals surface area contributed by atoms with E-state index in [1.165, 1.54) is 18.3 Å². The van der Waals surface area contributed by atoms with E-state index in [0.717, 1.165) is 5.69 Å². The third-order valence-electron chi connectivity index (χ3n) is 2.73. The van der Waals surface area contributed by atoms with Crippen molar-refractivity contribution in [3.05, 3.63) is 53.6 Å². The number of carboxylic acid groups (broad SMARTS) is 1. The lowest BCUT2D eigenvalue weighted by atomic mass is 10.2. The van der Waals surface area contributed by atoms with E-state index in [2.05, 4.69) is 10.3 Å². The van der Waals surface area contributed by atoms with Gasteiger partial charge in [0.25, 0.3) is 5.91 Å². The molecule has 0 bridgehead atoms. The number of carbonyl (C=O) groups is 2. The Labute approximate surface area is 109 Å². The monoisotopic (exact) mass is 259 g/mol. The Morgan fingerprint density at radius 3 is 2.79 bits per heavy atom. The molecular formula is C13H13N3O3. The van der Waals surface area contributed by atoms with E-state index in [-0.39, 0.29) is 11.3 Å². The molecule has 2 aromatic heterocycles. The standard InChI is InChI=1S/C13H13N3O3/c1-16-7-3-4-9(16)8-15-12(17)11-10(13(18)19)5-2-6-14-11/h2-7H,8H2,1H3,(H,15,17)(H,18,19). The van der Waals surface area contributed by atoms with Crippen molar-refractivity contribution in [2.45, 2.75) is 6.54 Å². The second-order valence-corrected chi connectivity index (χ2v) is 4.00. The van der Waals surface area contributed by atoms with Crippen molar-refractivity contribution in [3.8, 4) is 0 Å². The average Bonchev–Trinajstić information content (AvgIpc) is 2.81. The molecule has 0 unspecified atom stereocenters. The number of pyridine rings is 1. The van der Waals surface area contributed by atoms with Gasteiger partial charge >= 0.3 is 5.97 Å². The van der Waals surface area contributed by atoms with Gasteiger partial charge in [-0.1, -0.05) is 0 Å². The van der Waals surface area contributed by atoms with Crippen molar-refractivity contribution in [2.24, 2.45) is 7.05 Å². The molecule has 0 saturated carbocycles. The van der Waals surface area contributed by atoms with Gasteiger partial charge in [-0.25, -0.2) is 4.79 Å². The summed E-state index contributed by atoms with van der Waals surface area (Å²) in [6.45, 7) is 0.317. The predicted octanol–water partition coefficient (Wildman–Crippen LogP) is 1.05. The van der Waals surface area contributed by atoms with Crippen LogP contribution >= 0.6 is 0 Å². The average molecular weight is 259 g/mol. The van der Waals surface area contributed by atoms with E-state index < -0.39 is 11.9 Å². The predicted molar refractivity (Wildman–Crippen MR) is 67.8 cm³/mol. The van der Waals surface area contributed by atoms with Crippen LogP contribution in [0.15, 0.2) is 36.7 Å². The van der Waals surface area contributed by atoms with Gasteiger partial charge in [-0.15, -0.1) is 0 Å². The first-order valence-corrected chi connectivity index (χ1v) is 5.66. The van der Waals surface area contributed by atoms with Crippen molar-refractivity contribution in [2.75, 3.05) is 0 Å². The first-order valence-electron chi connectivity index (χ1n) is 5.66. The third kappa shape index (κ3) is 2.79. The van der Waals surface area contributed by atoms with Gasteiger partial charge < -0.3 is 15.0 Å². The summed E-state index contributed by atoms with van der Waals surface area (Å²) in [6, 6.07) is 6.58. The number of nitrogens with one attached hydrogen (secondary N) is 1. The Morgan fingerprint density at radius 1 is 1.37 bits per heavy atom. The topological polar surface area (TPSA) is 84.2 Å². The maximum absolute atomic E-state index is 11.9. The second-order valence-electron chi connectivity index (χ2n) is 4.00. The number of hydrogen-bond donors (Lipinski definition) is 2. The zero-order valence-electron chi connectivity index (χ0n) is 10.3. The number of nitrogens with zero attached hydrogens (tertiary/aromatic N) is 2. The normalized spacial score (nSPS) is 10.2. The molecule has 6 heteroatoms. The van der Waals surface area contributed by atoms with E-state index in [9.17, 15) is 9.59 Å². The highest BCUT2D eigenvalue weighted by Gasteiger charge is 2.17. The number of carbonyl (C=O) groups excluding carboxylic acids is 1. The molecule has 19 heavy (non-hydrogen) atoms. The van der Waals surface area contributed by atoms with Crippen molar-refractivity contribution >= 4 is 11.9 Å². The molecule has 6 nitrogen and oxygen atoms in total. The smallest absolute Gasteiger partial charge is 0.338 e. The zero-order valence-corrected chi connectivity index (χ0v) is 10.3. The summed E-state index contributed by atoms with van der Waals surface area (Å²) in [7, 11) is 1.87. The van der Waals surface area contributed by atoms with Gasteiger partial charge in [-0.05, 0) is 24.3 Å². The molecule has 0 aliphatic carbocycles. The van der Waals surface area contributed by atoms with Crippen LogP contribution in [0.2, 0.25) is 0 Å². The van der Waals surface area contributed by atoms with Crippen LogP contribution < -0.4 is 5.32 Å². The zero-order chi connectivity index (χ0) is 13.8. The molecule has 0 spiro atoms. The maximum Gasteiger partial charge on any atom is 0.338 e. The van der Waals surface area contributed by atoms with Gasteiger partial charge in [-0.3, -0.25) is 9.78 Å². The van der Waals surface area contributed by atoms with E-state index in [1.54, 1.807) is 0 Å². The largest absolute Gasteiger partial charge is 0.478 e. The van der Waals surface area contributed by atoms with Gasteiger partial charge in [-0.2, -0.15) is 0 Å². The number of amides is 1. The number of rotatable bonds is 4. The molecular weight excluding hydrogens is 246 g/mol. The molecule has 2 heterocycles. The van der Waals surface area contributed by atoms with Crippen LogP contribution in [0.5, 0.6) is 0 Å². The number of aryl methyl sites for hydroxylation is 1. The van der Waals surface area contributed by atoms with Crippen LogP contribution in [0.1, 0.15) is 26.5 Å². The Morgan fingerprint density at radius 2 is 2.16 bits per heavy atom. The molecule has 2 aromatic rings. The van der Waals surface area contributed by atoms with Gasteiger partial charge in [0.1, 0.15) is 5.69 Å². The highest BCUT2D eigenvalue weighted by Crippen LogP contribution is 2.06. The minimum atomic E-state index is -1.17. The fourth-order valence-electron chi connectivity index (χ4n) is 1.69. The molecule has 0 aliphatic heterocycles. The summed E-state index contributed by atoms with van der Waals surface area (Å²) in [4.78, 5) is 26.7. The Kier molecular flexibility index (Phi) is 3.61. The molecule has 0 atom stereocenters. The summed E-state index contributed by atoms with van der Waals surface area (Å²) < 4.78 is 1.87. The second kappa shape index (κ2) is 5.34. The molecule has 0 fully saturated rings. The fraction of sp³-hybridized carbons (Fsp3) is 0.154. The highest BCUT2D eigenvalue weighted by molar-refractivity contribution is 6.03. The van der Waals surface area contributed by atoms with Gasteiger partial charge in [0.2, 0.25) is 0 Å². The summed E-state index contributed by atoms with van der Waals surface area (Å²) in [5.41, 5.74) is 0.734. The van der Waals surface area contributed by atoms with Crippen LogP contribution in [0.4, 0.5) is 0 Å². The Balaban J connectivity index is 2.13. The SMILES string of the molecule is Cn1cccc1CNC(=O)c1ncccc1C(=O)O. The van der Waals surface area contributed by atoms with Crippen molar-refractivity contribution in [1.82, 2.24) is 14.9 Å². The van der Waals surface area contributed by atoms with E-state index in [0.29, 0.717) is 6.54 Å². The first kappa shape index (κ1) is 12.8. The molecule has 0 saturated heterocycles. The lowest BCUT2D eigenvalue weighted by molar-refractivity contribution is 0.0690. The lowest BCUT2D eigenvalue weighted by Gasteiger charge is -2.07. The van der Waals surface area contributed by atoms with Crippen LogP contribution in [0.25, 0.3) is 0 Å². The lowest BCUT2D eigenvalue weighted by Crippen LogP contribution is -2.26. The van der Waals surface area contributed by atoms with Crippen LogP contribution in [-0.4, -0.2) is 26.5 Å². The third-order valence-corrected chi connectivity index (χ3v) is 2.73. The molecule has 0 aliphatic rings. The molecule has 98 valence electrons. The van der Waals surface area contributed by atoms with Crippen LogP contribution in [0.3, 0.4) is 0 Å². The number of carboxylic acids is 1. The molecule has 0 aromatic carbocycles. The van der Waals surface area contributed by atoms with Crippen LogP contribution in [0, 0.1) is 0 Å². The number of aromatic nitrogens is 2. The van der Waals surface area contributed by atoms with E-state index in [1.807, 2.05) is 29.9 Å². The fourth-order valence-corrected chi connectivity index (χ4v) is 1.69. The maximum atomic E-state index is 11.9. The Hall–Kier alpha value is -2.63. The van der Waals surface area contributed by atoms with Crippen molar-refractivity contribution < 1.29 is 14.7 Å². The molecule has 1 amide bonds. The van der Waals surface area contributed by atoms with E-state index in [4.69, 9.17) is 5.11 Å². The highest BCUT2D eigenvalue weighted by atomic mass is 16.4. The van der Waals surface area contributed by atoms with Crippen molar-refractivity contribution in [3.63, 3.8) is 0 Å². The molecule has 2 rings (SSSR count). The van der Waals surface area contributed by atoms with Crippen molar-refractivity contribution in [1.29, 1.82) is 0 Å².